The zero-order valence-electron chi connectivity index (χ0n) is 7.37. The van der Waals surface area contributed by atoms with Crippen molar-refractivity contribution in [2.75, 3.05) is 19.8 Å². The molecule has 0 saturated heterocycles. The second-order valence-corrected chi connectivity index (χ2v) is 2.22. The predicted molar refractivity (Wildman–Crippen MR) is 42.2 cm³/mol. The number of carbonyl (C=O) groups is 1. The van der Waals surface area contributed by atoms with Gasteiger partial charge in [0, 0.05) is 6.61 Å². The van der Waals surface area contributed by atoms with Gasteiger partial charge >= 0.3 is 5.97 Å². The van der Waals surface area contributed by atoms with Gasteiger partial charge in [-0.1, -0.05) is 0 Å². The summed E-state index contributed by atoms with van der Waals surface area (Å²) in [5.74, 6) is -1.18. The number of ether oxygens (including phenoxy) is 2. The Kier molecular flexibility index (Phi) is 6.02. The molecule has 0 aliphatic carbocycles. The molecule has 0 rings (SSSR count). The lowest BCUT2D eigenvalue weighted by Crippen LogP contribution is -2.16. The van der Waals surface area contributed by atoms with Gasteiger partial charge in [-0.3, -0.25) is 4.79 Å². The lowest BCUT2D eigenvalue weighted by Gasteiger charge is -2.04. The van der Waals surface area contributed by atoms with Gasteiger partial charge in [-0.05, 0) is 13.8 Å². The quantitative estimate of drug-likeness (QED) is 0.452. The van der Waals surface area contributed by atoms with Crippen molar-refractivity contribution in [2.45, 2.75) is 13.8 Å². The number of rotatable bonds is 5. The van der Waals surface area contributed by atoms with Crippen LogP contribution < -0.4 is 0 Å². The maximum atomic E-state index is 10.8. The van der Waals surface area contributed by atoms with Crippen LogP contribution in [0.1, 0.15) is 13.8 Å². The number of nitriles is 1. The molecule has 0 aromatic carbocycles. The average Bonchev–Trinajstić information content (AvgIpc) is 2.10. The van der Waals surface area contributed by atoms with E-state index in [0.717, 1.165) is 0 Å². The van der Waals surface area contributed by atoms with Gasteiger partial charge in [-0.15, -0.1) is 0 Å². The van der Waals surface area contributed by atoms with Crippen LogP contribution in [0.3, 0.4) is 0 Å². The third-order valence-electron chi connectivity index (χ3n) is 1.22. The summed E-state index contributed by atoms with van der Waals surface area (Å²) in [6, 6.07) is 1.79. The summed E-state index contributed by atoms with van der Waals surface area (Å²) >= 11 is 0. The number of hydrogen-bond acceptors (Lipinski definition) is 4. The number of hydrogen-bond donors (Lipinski definition) is 0. The van der Waals surface area contributed by atoms with Crippen molar-refractivity contribution >= 4 is 5.97 Å². The molecule has 4 nitrogen and oxygen atoms in total. The molecule has 1 unspecified atom stereocenters. The highest BCUT2D eigenvalue weighted by Gasteiger charge is 2.11. The summed E-state index contributed by atoms with van der Waals surface area (Å²) in [5.41, 5.74) is 0. The second-order valence-electron chi connectivity index (χ2n) is 2.22. The highest BCUT2D eigenvalue weighted by molar-refractivity contribution is 5.74. The molecule has 0 heterocycles. The maximum absolute atomic E-state index is 10.8. The Morgan fingerprint density at radius 3 is 2.75 bits per heavy atom. The van der Waals surface area contributed by atoms with Crippen LogP contribution in [0.15, 0.2) is 0 Å². The van der Waals surface area contributed by atoms with Crippen molar-refractivity contribution < 1.29 is 14.3 Å². The van der Waals surface area contributed by atoms with E-state index < -0.39 is 11.9 Å². The molecule has 1 atom stereocenters. The Labute approximate surface area is 72.1 Å². The Bertz CT molecular complexity index is 174. The maximum Gasteiger partial charge on any atom is 0.323 e. The first-order chi connectivity index (χ1) is 5.72. The highest BCUT2D eigenvalue weighted by atomic mass is 16.6. The lowest BCUT2D eigenvalue weighted by atomic mass is 10.2. The fourth-order valence-electron chi connectivity index (χ4n) is 0.523. The molecule has 0 spiro atoms. The van der Waals surface area contributed by atoms with Gasteiger partial charge < -0.3 is 9.47 Å². The minimum atomic E-state index is -0.688. The number of carbonyl (C=O) groups excluding carboxylic acids is 1. The fraction of sp³-hybridized carbons (Fsp3) is 0.750. The predicted octanol–water partition coefficient (Wildman–Crippen LogP) is 0.726. The molecule has 0 aliphatic rings. The van der Waals surface area contributed by atoms with E-state index in [1.807, 2.05) is 6.92 Å². The Morgan fingerprint density at radius 1 is 1.58 bits per heavy atom. The van der Waals surface area contributed by atoms with Crippen molar-refractivity contribution in [1.82, 2.24) is 0 Å². The third-order valence-corrected chi connectivity index (χ3v) is 1.22. The van der Waals surface area contributed by atoms with Gasteiger partial charge in [0.2, 0.25) is 0 Å². The first kappa shape index (κ1) is 10.9. The third kappa shape index (κ3) is 4.69. The van der Waals surface area contributed by atoms with Gasteiger partial charge in [-0.25, -0.2) is 0 Å². The van der Waals surface area contributed by atoms with E-state index in [-0.39, 0.29) is 6.61 Å². The Morgan fingerprint density at radius 2 is 2.25 bits per heavy atom. The number of nitrogens with zero attached hydrogens (tertiary/aromatic N) is 1. The molecule has 4 heteroatoms. The van der Waals surface area contributed by atoms with Crippen molar-refractivity contribution in [1.29, 1.82) is 5.26 Å². The summed E-state index contributed by atoms with van der Waals surface area (Å²) < 4.78 is 9.65. The molecule has 0 amide bonds. The van der Waals surface area contributed by atoms with Crippen LogP contribution in [-0.2, 0) is 14.3 Å². The minimum Gasteiger partial charge on any atom is -0.462 e. The zero-order chi connectivity index (χ0) is 9.40. The Balaban J connectivity index is 3.39. The van der Waals surface area contributed by atoms with Gasteiger partial charge in [-0.2, -0.15) is 5.26 Å². The van der Waals surface area contributed by atoms with E-state index in [9.17, 15) is 4.79 Å². The van der Waals surface area contributed by atoms with Crippen molar-refractivity contribution in [2.24, 2.45) is 5.92 Å². The van der Waals surface area contributed by atoms with E-state index in [4.69, 9.17) is 14.7 Å². The average molecular weight is 171 g/mol. The van der Waals surface area contributed by atoms with Crippen LogP contribution in [0, 0.1) is 17.2 Å². The first-order valence-electron chi connectivity index (χ1n) is 3.86. The molecule has 0 aromatic heterocycles. The van der Waals surface area contributed by atoms with Crippen molar-refractivity contribution in [3.8, 4) is 6.07 Å². The van der Waals surface area contributed by atoms with E-state index in [1.165, 1.54) is 6.92 Å². The molecule has 0 N–H and O–H groups in total. The van der Waals surface area contributed by atoms with Crippen molar-refractivity contribution in [3.63, 3.8) is 0 Å². The monoisotopic (exact) mass is 171 g/mol. The van der Waals surface area contributed by atoms with Crippen LogP contribution >= 0.6 is 0 Å². The van der Waals surface area contributed by atoms with E-state index in [0.29, 0.717) is 13.2 Å². The highest BCUT2D eigenvalue weighted by Crippen LogP contribution is 1.95. The molecular weight excluding hydrogens is 158 g/mol. The van der Waals surface area contributed by atoms with Gasteiger partial charge in [0.1, 0.15) is 12.5 Å². The summed E-state index contributed by atoms with van der Waals surface area (Å²) in [6.45, 7) is 4.58. The van der Waals surface area contributed by atoms with E-state index >= 15 is 0 Å². The van der Waals surface area contributed by atoms with Crippen LogP contribution in [0.2, 0.25) is 0 Å². The summed E-state index contributed by atoms with van der Waals surface area (Å²) in [6.07, 6.45) is 0. The molecule has 0 bridgehead atoms. The zero-order valence-corrected chi connectivity index (χ0v) is 7.37. The molecule has 0 aromatic rings. The van der Waals surface area contributed by atoms with Crippen LogP contribution in [-0.4, -0.2) is 25.8 Å². The molecule has 0 aliphatic heterocycles. The summed E-state index contributed by atoms with van der Waals surface area (Å²) in [5, 5.41) is 8.33. The molecule has 0 radical (unpaired) electrons. The standard InChI is InChI=1S/C8H13NO3/c1-3-11-4-5-12-8(10)7(2)6-9/h7H,3-5H2,1-2H3. The molecule has 0 saturated carbocycles. The van der Waals surface area contributed by atoms with Crippen LogP contribution in [0.4, 0.5) is 0 Å². The van der Waals surface area contributed by atoms with E-state index in [2.05, 4.69) is 0 Å². The largest absolute Gasteiger partial charge is 0.462 e. The topological polar surface area (TPSA) is 59.3 Å². The number of esters is 1. The molecule has 0 fully saturated rings. The Hall–Kier alpha value is -1.08. The smallest absolute Gasteiger partial charge is 0.323 e. The normalized spacial score (nSPS) is 11.8. The lowest BCUT2D eigenvalue weighted by molar-refractivity contribution is -0.147. The molecule has 12 heavy (non-hydrogen) atoms. The second kappa shape index (κ2) is 6.62. The molecular formula is C8H13NO3. The molecule has 68 valence electrons. The van der Waals surface area contributed by atoms with Gasteiger partial charge in [0.25, 0.3) is 0 Å². The minimum absolute atomic E-state index is 0.221. The SMILES string of the molecule is CCOCCOC(=O)C(C)C#N. The van der Waals surface area contributed by atoms with Crippen molar-refractivity contribution in [3.05, 3.63) is 0 Å². The van der Waals surface area contributed by atoms with Gasteiger partial charge in [0.05, 0.1) is 12.7 Å². The summed E-state index contributed by atoms with van der Waals surface area (Å²) in [7, 11) is 0. The first-order valence-corrected chi connectivity index (χ1v) is 3.86. The fourth-order valence-corrected chi connectivity index (χ4v) is 0.523. The summed E-state index contributed by atoms with van der Waals surface area (Å²) in [4.78, 5) is 10.8. The van der Waals surface area contributed by atoms with Crippen LogP contribution in [0.5, 0.6) is 0 Å². The van der Waals surface area contributed by atoms with E-state index in [1.54, 1.807) is 6.07 Å². The van der Waals surface area contributed by atoms with Crippen LogP contribution in [0.25, 0.3) is 0 Å². The van der Waals surface area contributed by atoms with Gasteiger partial charge in [0.15, 0.2) is 0 Å².